The van der Waals surface area contributed by atoms with Gasteiger partial charge < -0.3 is 28.4 Å². The Hall–Kier alpha value is -0.240. The van der Waals surface area contributed by atoms with Crippen molar-refractivity contribution in [1.82, 2.24) is 0 Å². The lowest BCUT2D eigenvalue weighted by atomic mass is 10.1. The van der Waals surface area contributed by atoms with Crippen LogP contribution in [0.25, 0.3) is 0 Å². The maximum Gasteiger partial charge on any atom is 0.190 e. The molecule has 3 aliphatic rings. The predicted molar refractivity (Wildman–Crippen MR) is 82.8 cm³/mol. The van der Waals surface area contributed by atoms with Crippen LogP contribution in [0.15, 0.2) is 0 Å². The zero-order chi connectivity index (χ0) is 16.8. The van der Waals surface area contributed by atoms with E-state index in [4.69, 9.17) is 28.4 Å². The molecule has 3 heterocycles. The highest BCUT2D eigenvalue weighted by Crippen LogP contribution is 2.41. The van der Waals surface area contributed by atoms with Crippen LogP contribution in [-0.2, 0) is 28.4 Å². The van der Waals surface area contributed by atoms with Crippen LogP contribution in [-0.4, -0.2) is 55.5 Å². The molecule has 0 bridgehead atoms. The summed E-state index contributed by atoms with van der Waals surface area (Å²) >= 11 is 0. The van der Waals surface area contributed by atoms with Crippen LogP contribution in [0.5, 0.6) is 0 Å². The van der Waals surface area contributed by atoms with Crippen molar-refractivity contribution in [3.05, 3.63) is 0 Å². The third kappa shape index (κ3) is 3.89. The van der Waals surface area contributed by atoms with Crippen LogP contribution in [0.3, 0.4) is 0 Å². The molecule has 0 aromatic rings. The van der Waals surface area contributed by atoms with E-state index in [9.17, 15) is 0 Å². The molecule has 0 aromatic carbocycles. The Morgan fingerprint density at radius 1 is 1.00 bits per heavy atom. The molecule has 3 saturated heterocycles. The SMILES string of the molecule is CC(C)CCO[C@@H]1[C@H]([C@@H]2COC(C)(C)O2)O[C@H]2OC(C)(C)O[C@@H]21. The normalized spacial score (nSPS) is 41.6. The second-order valence-corrected chi connectivity index (χ2v) is 7.95. The summed E-state index contributed by atoms with van der Waals surface area (Å²) in [5, 5.41) is 0. The molecule has 0 amide bonds. The molecule has 0 N–H and O–H groups in total. The minimum absolute atomic E-state index is 0.171. The van der Waals surface area contributed by atoms with Crippen LogP contribution in [0, 0.1) is 5.92 Å². The van der Waals surface area contributed by atoms with E-state index in [2.05, 4.69) is 13.8 Å². The van der Waals surface area contributed by atoms with E-state index < -0.39 is 17.9 Å². The van der Waals surface area contributed by atoms with Gasteiger partial charge in [-0.15, -0.1) is 0 Å². The highest BCUT2D eigenvalue weighted by Gasteiger charge is 2.58. The molecule has 3 fully saturated rings. The molecule has 23 heavy (non-hydrogen) atoms. The monoisotopic (exact) mass is 330 g/mol. The van der Waals surface area contributed by atoms with Crippen LogP contribution < -0.4 is 0 Å². The first-order valence-corrected chi connectivity index (χ1v) is 8.61. The topological polar surface area (TPSA) is 55.4 Å². The van der Waals surface area contributed by atoms with Crippen molar-refractivity contribution in [3.63, 3.8) is 0 Å². The maximum atomic E-state index is 6.15. The standard InChI is InChI=1S/C17H30O6/c1-10(2)7-8-18-13-12(11-9-19-16(3,4)21-11)20-15-14(13)22-17(5,6)23-15/h10-15H,7-9H2,1-6H3/t11-,12-,13+,14+,15-/m0/s1. The van der Waals surface area contributed by atoms with Crippen LogP contribution >= 0.6 is 0 Å². The maximum absolute atomic E-state index is 6.15. The summed E-state index contributed by atoms with van der Waals surface area (Å²) in [5.41, 5.74) is 0. The van der Waals surface area contributed by atoms with E-state index in [1.165, 1.54) is 0 Å². The van der Waals surface area contributed by atoms with Gasteiger partial charge in [0.25, 0.3) is 0 Å². The molecule has 0 spiro atoms. The number of ether oxygens (including phenoxy) is 6. The van der Waals surface area contributed by atoms with Gasteiger partial charge in [0.15, 0.2) is 17.9 Å². The summed E-state index contributed by atoms with van der Waals surface area (Å²) < 4.78 is 35.8. The van der Waals surface area contributed by atoms with Crippen molar-refractivity contribution in [2.45, 2.75) is 90.2 Å². The summed E-state index contributed by atoms with van der Waals surface area (Å²) in [4.78, 5) is 0. The number of fused-ring (bicyclic) bond motifs is 1. The molecular weight excluding hydrogens is 300 g/mol. The number of rotatable bonds is 5. The third-order valence-electron chi connectivity index (χ3n) is 4.43. The minimum atomic E-state index is -0.647. The molecule has 6 heteroatoms. The van der Waals surface area contributed by atoms with Crippen molar-refractivity contribution in [2.75, 3.05) is 13.2 Å². The Bertz CT molecular complexity index is 421. The highest BCUT2D eigenvalue weighted by atomic mass is 16.8. The lowest BCUT2D eigenvalue weighted by Crippen LogP contribution is -2.44. The molecule has 0 unspecified atom stereocenters. The van der Waals surface area contributed by atoms with Crippen LogP contribution in [0.4, 0.5) is 0 Å². The zero-order valence-corrected chi connectivity index (χ0v) is 15.0. The number of hydrogen-bond donors (Lipinski definition) is 0. The Kier molecular flexibility index (Phi) is 4.77. The summed E-state index contributed by atoms with van der Waals surface area (Å²) in [5.74, 6) is -0.643. The summed E-state index contributed by atoms with van der Waals surface area (Å²) in [7, 11) is 0. The fraction of sp³-hybridized carbons (Fsp3) is 1.00. The lowest BCUT2D eigenvalue weighted by molar-refractivity contribution is -0.236. The van der Waals surface area contributed by atoms with Gasteiger partial charge in [0.2, 0.25) is 0 Å². The molecule has 0 radical (unpaired) electrons. The van der Waals surface area contributed by atoms with Crippen molar-refractivity contribution in [2.24, 2.45) is 5.92 Å². The van der Waals surface area contributed by atoms with Crippen LogP contribution in [0.1, 0.15) is 48.0 Å². The highest BCUT2D eigenvalue weighted by molar-refractivity contribution is 4.98. The zero-order valence-electron chi connectivity index (χ0n) is 15.0. The summed E-state index contributed by atoms with van der Waals surface area (Å²) in [6.07, 6.45) is -0.257. The van der Waals surface area contributed by atoms with E-state index in [1.54, 1.807) is 0 Å². The van der Waals surface area contributed by atoms with Gasteiger partial charge in [0.05, 0.1) is 6.61 Å². The molecule has 0 aliphatic carbocycles. The predicted octanol–water partition coefficient (Wildman–Crippen LogP) is 2.45. The molecule has 3 aliphatic heterocycles. The van der Waals surface area contributed by atoms with E-state index in [1.807, 2.05) is 27.7 Å². The molecular formula is C17H30O6. The van der Waals surface area contributed by atoms with Crippen molar-refractivity contribution in [1.29, 1.82) is 0 Å². The molecule has 134 valence electrons. The van der Waals surface area contributed by atoms with Gasteiger partial charge >= 0.3 is 0 Å². The largest absolute Gasteiger partial charge is 0.372 e. The average Bonchev–Trinajstić information content (AvgIpc) is 3.00. The molecule has 0 saturated carbocycles. The summed E-state index contributed by atoms with van der Waals surface area (Å²) in [6.45, 7) is 13.1. The number of hydrogen-bond acceptors (Lipinski definition) is 6. The second kappa shape index (κ2) is 6.24. The second-order valence-electron chi connectivity index (χ2n) is 7.95. The Morgan fingerprint density at radius 2 is 1.74 bits per heavy atom. The first-order chi connectivity index (χ1) is 10.7. The Labute approximate surface area is 138 Å². The van der Waals surface area contributed by atoms with Crippen molar-refractivity contribution >= 4 is 0 Å². The molecule has 3 rings (SSSR count). The summed E-state index contributed by atoms with van der Waals surface area (Å²) in [6, 6.07) is 0. The van der Waals surface area contributed by atoms with Gasteiger partial charge in [-0.2, -0.15) is 0 Å². The van der Waals surface area contributed by atoms with Crippen molar-refractivity contribution in [3.8, 4) is 0 Å². The molecule has 5 atom stereocenters. The van der Waals surface area contributed by atoms with Crippen LogP contribution in [0.2, 0.25) is 0 Å². The van der Waals surface area contributed by atoms with Gasteiger partial charge in [-0.1, -0.05) is 13.8 Å². The quantitative estimate of drug-likeness (QED) is 0.772. The minimum Gasteiger partial charge on any atom is -0.372 e. The molecule has 6 nitrogen and oxygen atoms in total. The fourth-order valence-corrected chi connectivity index (χ4v) is 3.31. The van der Waals surface area contributed by atoms with E-state index in [0.717, 1.165) is 6.42 Å². The smallest absolute Gasteiger partial charge is 0.190 e. The van der Waals surface area contributed by atoms with Gasteiger partial charge in [-0.05, 0) is 40.0 Å². The Morgan fingerprint density at radius 3 is 2.35 bits per heavy atom. The first-order valence-electron chi connectivity index (χ1n) is 8.61. The lowest BCUT2D eigenvalue weighted by Gasteiger charge is -2.29. The fourth-order valence-electron chi connectivity index (χ4n) is 3.31. The first kappa shape index (κ1) is 17.6. The third-order valence-corrected chi connectivity index (χ3v) is 4.43. The van der Waals surface area contributed by atoms with Gasteiger partial charge in [0, 0.05) is 6.61 Å². The average molecular weight is 330 g/mol. The van der Waals surface area contributed by atoms with E-state index in [0.29, 0.717) is 19.1 Å². The van der Waals surface area contributed by atoms with E-state index in [-0.39, 0.29) is 24.4 Å². The Balaban J connectivity index is 1.68. The van der Waals surface area contributed by atoms with Gasteiger partial charge in [0.1, 0.15) is 24.4 Å². The van der Waals surface area contributed by atoms with Gasteiger partial charge in [-0.25, -0.2) is 0 Å². The van der Waals surface area contributed by atoms with Crippen molar-refractivity contribution < 1.29 is 28.4 Å². The van der Waals surface area contributed by atoms with E-state index >= 15 is 0 Å². The molecule has 0 aromatic heterocycles. The van der Waals surface area contributed by atoms with Gasteiger partial charge in [-0.3, -0.25) is 0 Å².